The molecule has 18 aromatic rings. The Morgan fingerprint density at radius 2 is 0.531 bits per heavy atom. The van der Waals surface area contributed by atoms with E-state index in [-0.39, 0.29) is 0 Å². The molecule has 0 unspecified atom stereocenters. The number of para-hydroxylation sites is 6. The normalized spacial score (nSPS) is 11.8. The van der Waals surface area contributed by atoms with E-state index in [9.17, 15) is 0 Å². The molecule has 0 saturated heterocycles. The average Bonchev–Trinajstić information content (AvgIpc) is 1.58. The molecule has 0 saturated carbocycles. The topological polar surface area (TPSA) is 71.3 Å². The van der Waals surface area contributed by atoms with Crippen molar-refractivity contribution in [3.63, 3.8) is 0 Å². The van der Waals surface area contributed by atoms with Crippen molar-refractivity contribution in [3.8, 4) is 67.6 Å². The Morgan fingerprint density at radius 1 is 0.219 bits per heavy atom. The maximum absolute atomic E-state index is 4.87. The Balaban J connectivity index is 0.000000145. The standard InChI is InChI=1S/2C44H34N4/c1-27-17-21-42-36(23-27)33-12-6-9-15-40(33)47(42)39-14-8-5-11-32(39)35-20-19-31(38-25-29(3)45-30(4)46-38)26-44(35)48-41-16-10-7-13-34(41)37-24-28(2)18-22-43(37)48;1-27-17-21-41-36(23-27)33-12-6-9-15-39(33)47(41)38-14-8-5-11-32(38)35-20-19-31(44-45-29(3)25-30(4)46-44)26-43(35)48-40-16-10-7-13-34(40)37-24-28(2)18-22-42(37)48/h2*5-26H,1-4H3. The monoisotopic (exact) mass is 1240 g/mol. The molecule has 8 heteroatoms. The zero-order chi connectivity index (χ0) is 65.0. The van der Waals surface area contributed by atoms with E-state index in [0.29, 0.717) is 0 Å². The van der Waals surface area contributed by atoms with Gasteiger partial charge >= 0.3 is 0 Å². The molecule has 12 aromatic carbocycles. The van der Waals surface area contributed by atoms with Crippen molar-refractivity contribution in [3.05, 3.63) is 312 Å². The van der Waals surface area contributed by atoms with Gasteiger partial charge in [-0.15, -0.1) is 0 Å². The number of fused-ring (bicyclic) bond motifs is 12. The van der Waals surface area contributed by atoms with E-state index in [1.54, 1.807) is 0 Å². The minimum atomic E-state index is 0.739. The minimum Gasteiger partial charge on any atom is -0.309 e. The first kappa shape index (κ1) is 57.9. The van der Waals surface area contributed by atoms with Gasteiger partial charge in [0.1, 0.15) is 5.82 Å². The molecule has 460 valence electrons. The van der Waals surface area contributed by atoms with Crippen molar-refractivity contribution in [1.29, 1.82) is 0 Å². The van der Waals surface area contributed by atoms with E-state index < -0.39 is 0 Å². The van der Waals surface area contributed by atoms with Crippen LogP contribution in [0.5, 0.6) is 0 Å². The zero-order valence-corrected chi connectivity index (χ0v) is 55.0. The second-order valence-corrected chi connectivity index (χ2v) is 25.9. The number of aryl methyl sites for hydroxylation is 8. The molecule has 8 nitrogen and oxygen atoms in total. The molecule has 0 spiro atoms. The number of aromatic nitrogens is 8. The maximum Gasteiger partial charge on any atom is 0.159 e. The number of hydrogen-bond donors (Lipinski definition) is 0. The van der Waals surface area contributed by atoms with Crippen LogP contribution in [0, 0.1) is 55.4 Å². The van der Waals surface area contributed by atoms with E-state index in [1.165, 1.54) is 109 Å². The van der Waals surface area contributed by atoms with Gasteiger partial charge in [0.15, 0.2) is 5.82 Å². The smallest absolute Gasteiger partial charge is 0.159 e. The van der Waals surface area contributed by atoms with Crippen molar-refractivity contribution < 1.29 is 0 Å². The first-order valence-electron chi connectivity index (χ1n) is 33.0. The molecule has 6 heterocycles. The summed E-state index contributed by atoms with van der Waals surface area (Å²) in [6, 6.07) is 97.4. The van der Waals surface area contributed by atoms with Gasteiger partial charge in [-0.2, -0.15) is 0 Å². The third kappa shape index (κ3) is 9.66. The fourth-order valence-corrected chi connectivity index (χ4v) is 15.1. The highest BCUT2D eigenvalue weighted by molar-refractivity contribution is 6.14. The summed E-state index contributed by atoms with van der Waals surface area (Å²) in [5, 5.41) is 10.0. The van der Waals surface area contributed by atoms with Crippen molar-refractivity contribution in [2.75, 3.05) is 0 Å². The summed E-state index contributed by atoms with van der Waals surface area (Å²) in [5.41, 5.74) is 29.4. The van der Waals surface area contributed by atoms with Crippen LogP contribution in [0.1, 0.15) is 45.2 Å². The summed E-state index contributed by atoms with van der Waals surface area (Å²) in [4.78, 5) is 19.2. The van der Waals surface area contributed by atoms with Gasteiger partial charge in [0.25, 0.3) is 0 Å². The number of benzene rings is 12. The Bertz CT molecular complexity index is 5790. The van der Waals surface area contributed by atoms with Crippen LogP contribution in [0.2, 0.25) is 0 Å². The molecule has 0 fully saturated rings. The van der Waals surface area contributed by atoms with Crippen molar-refractivity contribution in [2.24, 2.45) is 0 Å². The molecule has 0 aliphatic heterocycles. The van der Waals surface area contributed by atoms with Crippen LogP contribution in [0.25, 0.3) is 155 Å². The summed E-state index contributed by atoms with van der Waals surface area (Å²) >= 11 is 0. The van der Waals surface area contributed by atoms with Gasteiger partial charge < -0.3 is 18.3 Å². The van der Waals surface area contributed by atoms with Crippen molar-refractivity contribution in [2.45, 2.75) is 55.4 Å². The highest BCUT2D eigenvalue weighted by atomic mass is 15.0. The molecule has 0 amide bonds. The van der Waals surface area contributed by atoms with Crippen LogP contribution in [-0.2, 0) is 0 Å². The number of nitrogens with zero attached hydrogens (tertiary/aromatic N) is 8. The van der Waals surface area contributed by atoms with Gasteiger partial charge in [0, 0.05) is 93.6 Å². The van der Waals surface area contributed by atoms with Gasteiger partial charge in [-0.25, -0.2) is 19.9 Å². The van der Waals surface area contributed by atoms with Crippen LogP contribution in [0.15, 0.2) is 267 Å². The van der Waals surface area contributed by atoms with E-state index in [2.05, 4.69) is 312 Å². The van der Waals surface area contributed by atoms with Crippen molar-refractivity contribution in [1.82, 2.24) is 38.2 Å². The van der Waals surface area contributed by atoms with Gasteiger partial charge in [0.2, 0.25) is 0 Å². The third-order valence-corrected chi connectivity index (χ3v) is 19.2. The number of rotatable bonds is 8. The quantitative estimate of drug-likeness (QED) is 0.152. The summed E-state index contributed by atoms with van der Waals surface area (Å²) in [6.45, 7) is 16.7. The van der Waals surface area contributed by atoms with E-state index in [1.807, 2.05) is 33.8 Å². The molecule has 18 rings (SSSR count). The van der Waals surface area contributed by atoms with Crippen LogP contribution >= 0.6 is 0 Å². The lowest BCUT2D eigenvalue weighted by molar-refractivity contribution is 1.02. The van der Waals surface area contributed by atoms with Crippen LogP contribution < -0.4 is 0 Å². The zero-order valence-electron chi connectivity index (χ0n) is 55.0. The first-order valence-corrected chi connectivity index (χ1v) is 33.0. The summed E-state index contributed by atoms with van der Waals surface area (Å²) in [5.74, 6) is 1.51. The molecule has 6 aromatic heterocycles. The largest absolute Gasteiger partial charge is 0.309 e. The Kier molecular flexibility index (Phi) is 13.8. The van der Waals surface area contributed by atoms with Gasteiger partial charge in [-0.3, -0.25) is 0 Å². The van der Waals surface area contributed by atoms with Gasteiger partial charge in [-0.05, 0) is 165 Å². The highest BCUT2D eigenvalue weighted by Crippen LogP contribution is 2.45. The molecule has 0 atom stereocenters. The molecule has 0 aliphatic carbocycles. The highest BCUT2D eigenvalue weighted by Gasteiger charge is 2.25. The first-order chi connectivity index (χ1) is 46.9. The Labute approximate surface area is 557 Å². The van der Waals surface area contributed by atoms with Crippen LogP contribution in [-0.4, -0.2) is 38.2 Å². The van der Waals surface area contributed by atoms with E-state index in [4.69, 9.17) is 15.0 Å². The lowest BCUT2D eigenvalue weighted by atomic mass is 9.97. The molecule has 0 N–H and O–H groups in total. The second-order valence-electron chi connectivity index (χ2n) is 25.9. The predicted molar refractivity (Wildman–Crippen MR) is 401 cm³/mol. The summed E-state index contributed by atoms with van der Waals surface area (Å²) in [6.07, 6.45) is 0. The van der Waals surface area contributed by atoms with Crippen LogP contribution in [0.3, 0.4) is 0 Å². The van der Waals surface area contributed by atoms with Crippen molar-refractivity contribution >= 4 is 87.2 Å². The lowest BCUT2D eigenvalue weighted by Gasteiger charge is -2.19. The third-order valence-electron chi connectivity index (χ3n) is 19.2. The average molecular weight is 1240 g/mol. The van der Waals surface area contributed by atoms with Crippen LogP contribution in [0.4, 0.5) is 0 Å². The molecular formula is C88H68N8. The fraction of sp³-hybridized carbons (Fsp3) is 0.0909. The van der Waals surface area contributed by atoms with E-state index in [0.717, 1.165) is 90.6 Å². The Hall–Kier alpha value is -12.0. The summed E-state index contributed by atoms with van der Waals surface area (Å²) in [7, 11) is 0. The van der Waals surface area contributed by atoms with Gasteiger partial charge in [-0.1, -0.05) is 180 Å². The molecule has 96 heavy (non-hydrogen) atoms. The fourth-order valence-electron chi connectivity index (χ4n) is 15.1. The number of hydrogen-bond acceptors (Lipinski definition) is 4. The molecule has 0 aliphatic rings. The SMILES string of the molecule is Cc1ccc2c(c1)c1ccccc1n2-c1ccccc1-c1ccc(-c2cc(C)nc(C)n2)cc1-n1c2ccccc2c2cc(C)ccc21.Cc1ccc2c(c1)c1ccccc1n2-c1ccccc1-c1ccc(-c2nc(C)cc(C)n2)cc1-n1c2ccccc2c2cc(C)ccc21. The molecule has 0 bridgehead atoms. The predicted octanol–water partition coefficient (Wildman–Crippen LogP) is 22.5. The van der Waals surface area contributed by atoms with E-state index >= 15 is 0 Å². The maximum atomic E-state index is 4.87. The lowest BCUT2D eigenvalue weighted by Crippen LogP contribution is -2.03. The Morgan fingerprint density at radius 3 is 0.927 bits per heavy atom. The molecule has 0 radical (unpaired) electrons. The second kappa shape index (κ2) is 22.9. The minimum absolute atomic E-state index is 0.739. The summed E-state index contributed by atoms with van der Waals surface area (Å²) < 4.78 is 9.73. The molecular weight excluding hydrogens is 1170 g/mol. The van der Waals surface area contributed by atoms with Gasteiger partial charge in [0.05, 0.1) is 72.6 Å².